The van der Waals surface area contributed by atoms with E-state index in [0.717, 1.165) is 19.5 Å². The van der Waals surface area contributed by atoms with Crippen LogP contribution in [0.1, 0.15) is 24.0 Å². The van der Waals surface area contributed by atoms with E-state index in [4.69, 9.17) is 4.74 Å². The van der Waals surface area contributed by atoms with Gasteiger partial charge in [0.15, 0.2) is 0 Å². The minimum atomic E-state index is -0.0645. The van der Waals surface area contributed by atoms with Crippen LogP contribution in [0.2, 0.25) is 0 Å². The van der Waals surface area contributed by atoms with Crippen LogP contribution >= 0.6 is 0 Å². The smallest absolute Gasteiger partial charge is 0.323 e. The maximum absolute atomic E-state index is 12.1. The Morgan fingerprint density at radius 1 is 1.08 bits per heavy atom. The maximum Gasteiger partial charge on any atom is 0.323 e. The van der Waals surface area contributed by atoms with E-state index in [9.17, 15) is 4.79 Å². The van der Waals surface area contributed by atoms with E-state index >= 15 is 0 Å². The van der Waals surface area contributed by atoms with E-state index in [0.29, 0.717) is 11.8 Å². The molecule has 0 spiro atoms. The Morgan fingerprint density at radius 3 is 2.27 bits per heavy atom. The Hall–Kier alpha value is -2.39. The molecular weight excluding hydrogens is 322 g/mol. The van der Waals surface area contributed by atoms with Gasteiger partial charge in [-0.05, 0) is 41.4 Å². The van der Waals surface area contributed by atoms with Gasteiger partial charge in [0.2, 0.25) is 0 Å². The standard InChI is InChI=1S/C23H25NO2/c1-26-23(25)22-21-15-19(21)16-24(22)14-8-13-20(17-9-4-2-5-10-17)18-11-6-3-7-12-18/h2-7,9-13,19,21-22H,8,14-16H2,1H3/t19-,21-,22-/m1/s1. The number of hydrogen-bond acceptors (Lipinski definition) is 3. The molecule has 2 aromatic carbocycles. The fourth-order valence-corrected chi connectivity index (χ4v) is 4.24. The van der Waals surface area contributed by atoms with Crippen LogP contribution in [0, 0.1) is 11.8 Å². The van der Waals surface area contributed by atoms with Crippen molar-refractivity contribution in [2.45, 2.75) is 18.9 Å². The molecular formula is C23H25NO2. The van der Waals surface area contributed by atoms with Gasteiger partial charge in [-0.3, -0.25) is 9.69 Å². The Labute approximate surface area is 155 Å². The van der Waals surface area contributed by atoms with Crippen molar-refractivity contribution in [2.75, 3.05) is 20.2 Å². The number of nitrogens with zero attached hydrogens (tertiary/aromatic N) is 1. The lowest BCUT2D eigenvalue weighted by Crippen LogP contribution is -2.40. The number of carbonyl (C=O) groups excluding carboxylic acids is 1. The average Bonchev–Trinajstić information content (AvgIpc) is 3.36. The molecule has 1 heterocycles. The zero-order valence-electron chi connectivity index (χ0n) is 15.2. The minimum absolute atomic E-state index is 0.0321. The number of methoxy groups -OCH3 is 1. The number of rotatable bonds is 6. The fourth-order valence-electron chi connectivity index (χ4n) is 4.24. The number of likely N-dealkylation sites (tertiary alicyclic amines) is 1. The first-order chi connectivity index (χ1) is 12.8. The predicted octanol–water partition coefficient (Wildman–Crippen LogP) is 4.00. The molecule has 1 saturated carbocycles. The molecule has 0 amide bonds. The zero-order valence-corrected chi connectivity index (χ0v) is 15.2. The summed E-state index contributed by atoms with van der Waals surface area (Å²) in [4.78, 5) is 14.4. The summed E-state index contributed by atoms with van der Waals surface area (Å²) < 4.78 is 5.03. The van der Waals surface area contributed by atoms with Crippen LogP contribution in [0.3, 0.4) is 0 Å². The van der Waals surface area contributed by atoms with E-state index in [1.165, 1.54) is 30.2 Å². The topological polar surface area (TPSA) is 29.5 Å². The van der Waals surface area contributed by atoms with Gasteiger partial charge < -0.3 is 4.74 Å². The molecule has 0 bridgehead atoms. The van der Waals surface area contributed by atoms with Crippen LogP contribution in [-0.2, 0) is 9.53 Å². The average molecular weight is 347 g/mol. The third-order valence-corrected chi connectivity index (χ3v) is 5.62. The SMILES string of the molecule is COC(=O)[C@H]1[C@@H]2C[C@@H]2CN1CCC=C(c1ccccc1)c1ccccc1. The number of ether oxygens (including phenoxy) is 1. The molecule has 134 valence electrons. The van der Waals surface area contributed by atoms with E-state index in [1.807, 2.05) is 12.1 Å². The molecule has 1 aliphatic carbocycles. The van der Waals surface area contributed by atoms with Gasteiger partial charge in [0.1, 0.15) is 6.04 Å². The lowest BCUT2D eigenvalue weighted by molar-refractivity contribution is -0.146. The second-order valence-corrected chi connectivity index (χ2v) is 7.26. The highest BCUT2D eigenvalue weighted by molar-refractivity contribution is 5.80. The largest absolute Gasteiger partial charge is 0.468 e. The normalized spacial score (nSPS) is 24.0. The van der Waals surface area contributed by atoms with Gasteiger partial charge in [-0.25, -0.2) is 0 Å². The van der Waals surface area contributed by atoms with Crippen molar-refractivity contribution in [1.82, 2.24) is 4.90 Å². The third kappa shape index (κ3) is 3.45. The molecule has 3 atom stereocenters. The minimum Gasteiger partial charge on any atom is -0.468 e. The number of hydrogen-bond donors (Lipinski definition) is 0. The molecule has 2 aliphatic rings. The Kier molecular flexibility index (Phi) is 4.89. The van der Waals surface area contributed by atoms with E-state index in [2.05, 4.69) is 59.5 Å². The maximum atomic E-state index is 12.1. The van der Waals surface area contributed by atoms with Crippen molar-refractivity contribution in [3.63, 3.8) is 0 Å². The first-order valence-corrected chi connectivity index (χ1v) is 9.41. The molecule has 1 saturated heterocycles. The number of piperidine rings is 1. The Bertz CT molecular complexity index is 743. The molecule has 0 unspecified atom stereocenters. The summed E-state index contributed by atoms with van der Waals surface area (Å²) in [6, 6.07) is 21.0. The van der Waals surface area contributed by atoms with Gasteiger partial charge in [0.05, 0.1) is 7.11 Å². The van der Waals surface area contributed by atoms with Crippen LogP contribution in [-0.4, -0.2) is 37.1 Å². The van der Waals surface area contributed by atoms with Crippen LogP contribution in [0.15, 0.2) is 66.7 Å². The number of esters is 1. The Morgan fingerprint density at radius 2 is 1.69 bits per heavy atom. The van der Waals surface area contributed by atoms with Crippen molar-refractivity contribution in [3.05, 3.63) is 77.9 Å². The molecule has 1 aliphatic heterocycles. The van der Waals surface area contributed by atoms with Crippen LogP contribution in [0.4, 0.5) is 0 Å². The monoisotopic (exact) mass is 347 g/mol. The summed E-state index contributed by atoms with van der Waals surface area (Å²) in [5.41, 5.74) is 3.71. The summed E-state index contributed by atoms with van der Waals surface area (Å²) in [6.07, 6.45) is 4.42. The summed E-state index contributed by atoms with van der Waals surface area (Å²) >= 11 is 0. The summed E-state index contributed by atoms with van der Waals surface area (Å²) in [5.74, 6) is 1.16. The van der Waals surface area contributed by atoms with E-state index < -0.39 is 0 Å². The zero-order chi connectivity index (χ0) is 17.9. The molecule has 0 aromatic heterocycles. The second kappa shape index (κ2) is 7.46. The van der Waals surface area contributed by atoms with Crippen molar-refractivity contribution in [2.24, 2.45) is 11.8 Å². The second-order valence-electron chi connectivity index (χ2n) is 7.26. The number of fused-ring (bicyclic) bond motifs is 1. The molecule has 2 aromatic rings. The highest BCUT2D eigenvalue weighted by Crippen LogP contribution is 2.49. The third-order valence-electron chi connectivity index (χ3n) is 5.62. The van der Waals surface area contributed by atoms with Gasteiger partial charge in [0, 0.05) is 13.1 Å². The van der Waals surface area contributed by atoms with Crippen molar-refractivity contribution in [3.8, 4) is 0 Å². The van der Waals surface area contributed by atoms with Gasteiger partial charge in [-0.2, -0.15) is 0 Å². The molecule has 2 fully saturated rings. The molecule has 26 heavy (non-hydrogen) atoms. The van der Waals surface area contributed by atoms with Gasteiger partial charge in [-0.15, -0.1) is 0 Å². The Balaban J connectivity index is 1.50. The molecule has 0 radical (unpaired) electrons. The van der Waals surface area contributed by atoms with Crippen molar-refractivity contribution < 1.29 is 9.53 Å². The highest BCUT2D eigenvalue weighted by Gasteiger charge is 2.55. The van der Waals surface area contributed by atoms with Gasteiger partial charge in [-0.1, -0.05) is 66.7 Å². The summed E-state index contributed by atoms with van der Waals surface area (Å²) in [6.45, 7) is 1.93. The van der Waals surface area contributed by atoms with E-state index in [1.54, 1.807) is 0 Å². The van der Waals surface area contributed by atoms with Crippen molar-refractivity contribution in [1.29, 1.82) is 0 Å². The number of benzene rings is 2. The first-order valence-electron chi connectivity index (χ1n) is 9.41. The first kappa shape index (κ1) is 17.0. The van der Waals surface area contributed by atoms with E-state index in [-0.39, 0.29) is 12.0 Å². The quantitative estimate of drug-likeness (QED) is 0.740. The lowest BCUT2D eigenvalue weighted by Gasteiger charge is -2.24. The molecule has 3 heteroatoms. The summed E-state index contributed by atoms with van der Waals surface area (Å²) in [5, 5.41) is 0. The summed E-state index contributed by atoms with van der Waals surface area (Å²) in [7, 11) is 1.50. The molecule has 4 rings (SSSR count). The predicted molar refractivity (Wildman–Crippen MR) is 104 cm³/mol. The highest BCUT2D eigenvalue weighted by atomic mass is 16.5. The lowest BCUT2D eigenvalue weighted by atomic mass is 9.97. The van der Waals surface area contributed by atoms with Gasteiger partial charge in [0.25, 0.3) is 0 Å². The van der Waals surface area contributed by atoms with Crippen LogP contribution in [0.5, 0.6) is 0 Å². The van der Waals surface area contributed by atoms with Crippen LogP contribution < -0.4 is 0 Å². The molecule has 0 N–H and O–H groups in total. The van der Waals surface area contributed by atoms with Crippen molar-refractivity contribution >= 4 is 11.5 Å². The number of carbonyl (C=O) groups is 1. The fraction of sp³-hybridized carbons (Fsp3) is 0.348. The molecule has 3 nitrogen and oxygen atoms in total. The van der Waals surface area contributed by atoms with Gasteiger partial charge >= 0.3 is 5.97 Å². The van der Waals surface area contributed by atoms with Crippen LogP contribution in [0.25, 0.3) is 5.57 Å².